The van der Waals surface area contributed by atoms with E-state index in [1.807, 2.05) is 0 Å². The van der Waals surface area contributed by atoms with Crippen molar-refractivity contribution in [2.75, 3.05) is 12.4 Å². The van der Waals surface area contributed by atoms with Crippen molar-refractivity contribution in [1.29, 1.82) is 0 Å². The zero-order valence-corrected chi connectivity index (χ0v) is 17.3. The van der Waals surface area contributed by atoms with Crippen LogP contribution in [0.2, 0.25) is 0 Å². The first-order valence-corrected chi connectivity index (χ1v) is 9.78. The predicted octanol–water partition coefficient (Wildman–Crippen LogP) is 3.55. The van der Waals surface area contributed by atoms with Crippen LogP contribution in [0.3, 0.4) is 0 Å². The van der Waals surface area contributed by atoms with Gasteiger partial charge in [-0.15, -0.1) is 0 Å². The van der Waals surface area contributed by atoms with E-state index in [0.717, 1.165) is 12.1 Å². The minimum absolute atomic E-state index is 0.139. The van der Waals surface area contributed by atoms with E-state index in [-0.39, 0.29) is 28.7 Å². The van der Waals surface area contributed by atoms with Gasteiger partial charge in [0.05, 0.1) is 23.9 Å². The van der Waals surface area contributed by atoms with Gasteiger partial charge in [0.1, 0.15) is 23.9 Å². The zero-order valence-electron chi connectivity index (χ0n) is 17.3. The van der Waals surface area contributed by atoms with Gasteiger partial charge in [0.25, 0.3) is 0 Å². The molecule has 33 heavy (non-hydrogen) atoms. The number of carbonyl (C=O) groups excluding carboxylic acids is 2. The highest BCUT2D eigenvalue weighted by Crippen LogP contribution is 2.21. The van der Waals surface area contributed by atoms with Crippen molar-refractivity contribution in [2.24, 2.45) is 0 Å². The third-order valence-electron chi connectivity index (χ3n) is 4.99. The first-order chi connectivity index (χ1) is 15.9. The standard InChI is InChI=1S/C24H17F2N3O4/c1-33-16-3-4-17-21(11-16)29(13-22(30)28-20-5-2-15(25)10-19(20)26)12-18(24(17)32)23(31)14-6-8-27-9-7-14/h2-12H,13H2,1H3,(H,28,30). The van der Waals surface area contributed by atoms with E-state index in [0.29, 0.717) is 17.3 Å². The van der Waals surface area contributed by atoms with Crippen LogP contribution in [0.4, 0.5) is 14.5 Å². The second-order valence-corrected chi connectivity index (χ2v) is 7.12. The molecule has 166 valence electrons. The number of pyridine rings is 2. The number of nitrogens with zero attached hydrogens (tertiary/aromatic N) is 2. The Morgan fingerprint density at radius 1 is 1.06 bits per heavy atom. The Kier molecular flexibility index (Phi) is 5.95. The van der Waals surface area contributed by atoms with Crippen LogP contribution >= 0.6 is 0 Å². The molecule has 9 heteroatoms. The van der Waals surface area contributed by atoms with Gasteiger partial charge in [0.15, 0.2) is 5.78 Å². The molecule has 4 aromatic rings. The maximum absolute atomic E-state index is 13.9. The summed E-state index contributed by atoms with van der Waals surface area (Å²) in [6.45, 7) is -0.350. The maximum Gasteiger partial charge on any atom is 0.244 e. The molecule has 0 aliphatic heterocycles. The summed E-state index contributed by atoms with van der Waals surface area (Å²) >= 11 is 0. The van der Waals surface area contributed by atoms with E-state index in [2.05, 4.69) is 10.3 Å². The number of fused-ring (bicyclic) bond motifs is 1. The summed E-state index contributed by atoms with van der Waals surface area (Å²) in [4.78, 5) is 42.6. The molecule has 0 unspecified atom stereocenters. The van der Waals surface area contributed by atoms with Crippen LogP contribution in [0.25, 0.3) is 10.9 Å². The fourth-order valence-electron chi connectivity index (χ4n) is 3.38. The van der Waals surface area contributed by atoms with Crippen molar-refractivity contribution in [3.8, 4) is 5.75 Å². The minimum Gasteiger partial charge on any atom is -0.497 e. The number of amides is 1. The van der Waals surface area contributed by atoms with Gasteiger partial charge in [-0.2, -0.15) is 0 Å². The Morgan fingerprint density at radius 3 is 2.52 bits per heavy atom. The lowest BCUT2D eigenvalue weighted by Crippen LogP contribution is -2.24. The molecular formula is C24H17F2N3O4. The van der Waals surface area contributed by atoms with Crippen LogP contribution in [0.1, 0.15) is 15.9 Å². The maximum atomic E-state index is 13.9. The van der Waals surface area contributed by atoms with Gasteiger partial charge >= 0.3 is 0 Å². The molecule has 2 aromatic heterocycles. The van der Waals surface area contributed by atoms with Crippen LogP contribution in [-0.4, -0.2) is 28.4 Å². The van der Waals surface area contributed by atoms with Gasteiger partial charge in [0.2, 0.25) is 11.3 Å². The molecule has 0 spiro atoms. The molecule has 1 amide bonds. The number of methoxy groups -OCH3 is 1. The average Bonchev–Trinajstić information content (AvgIpc) is 2.82. The van der Waals surface area contributed by atoms with Crippen molar-refractivity contribution in [3.63, 3.8) is 0 Å². The summed E-state index contributed by atoms with van der Waals surface area (Å²) in [7, 11) is 1.45. The van der Waals surface area contributed by atoms with Crippen molar-refractivity contribution in [3.05, 3.63) is 100 Å². The Hall–Kier alpha value is -4.40. The second-order valence-electron chi connectivity index (χ2n) is 7.12. The van der Waals surface area contributed by atoms with Crippen LogP contribution in [0.5, 0.6) is 5.75 Å². The Morgan fingerprint density at radius 2 is 1.82 bits per heavy atom. The Balaban J connectivity index is 1.78. The highest BCUT2D eigenvalue weighted by atomic mass is 19.1. The number of hydrogen-bond acceptors (Lipinski definition) is 5. The monoisotopic (exact) mass is 449 g/mol. The number of ketones is 1. The number of carbonyl (C=O) groups is 2. The Bertz CT molecular complexity index is 1440. The minimum atomic E-state index is -0.927. The summed E-state index contributed by atoms with van der Waals surface area (Å²) in [5.74, 6) is -2.44. The van der Waals surface area contributed by atoms with Gasteiger partial charge in [-0.05, 0) is 36.4 Å². The van der Waals surface area contributed by atoms with E-state index in [1.165, 1.54) is 48.5 Å². The molecule has 0 fully saturated rings. The highest BCUT2D eigenvalue weighted by molar-refractivity contribution is 6.10. The van der Waals surface area contributed by atoms with E-state index in [9.17, 15) is 23.2 Å². The van der Waals surface area contributed by atoms with Gasteiger partial charge in [-0.1, -0.05) is 0 Å². The molecule has 0 bridgehead atoms. The van der Waals surface area contributed by atoms with Crippen LogP contribution in [-0.2, 0) is 11.3 Å². The molecule has 7 nitrogen and oxygen atoms in total. The molecule has 0 radical (unpaired) electrons. The quantitative estimate of drug-likeness (QED) is 0.455. The normalized spacial score (nSPS) is 10.8. The number of aromatic nitrogens is 2. The number of rotatable bonds is 6. The molecule has 2 aromatic carbocycles. The first kappa shape index (κ1) is 21.8. The largest absolute Gasteiger partial charge is 0.497 e. The molecule has 0 atom stereocenters. The van der Waals surface area contributed by atoms with Crippen molar-refractivity contribution < 1.29 is 23.1 Å². The molecule has 2 heterocycles. The number of anilines is 1. The van der Waals surface area contributed by atoms with Crippen molar-refractivity contribution in [1.82, 2.24) is 9.55 Å². The average molecular weight is 449 g/mol. The van der Waals surface area contributed by atoms with E-state index >= 15 is 0 Å². The number of benzene rings is 2. The zero-order chi connectivity index (χ0) is 23.5. The first-order valence-electron chi connectivity index (χ1n) is 9.78. The lowest BCUT2D eigenvalue weighted by atomic mass is 10.0. The fourth-order valence-corrected chi connectivity index (χ4v) is 3.38. The second kappa shape index (κ2) is 8.99. The summed E-state index contributed by atoms with van der Waals surface area (Å²) in [6.07, 6.45) is 4.15. The van der Waals surface area contributed by atoms with Crippen LogP contribution in [0, 0.1) is 11.6 Å². The highest BCUT2D eigenvalue weighted by Gasteiger charge is 2.19. The van der Waals surface area contributed by atoms with Crippen molar-refractivity contribution >= 4 is 28.3 Å². The molecule has 1 N–H and O–H groups in total. The molecule has 0 aliphatic rings. The predicted molar refractivity (Wildman–Crippen MR) is 117 cm³/mol. The van der Waals surface area contributed by atoms with Crippen molar-refractivity contribution in [2.45, 2.75) is 6.54 Å². The van der Waals surface area contributed by atoms with Gasteiger partial charge in [-0.3, -0.25) is 19.4 Å². The van der Waals surface area contributed by atoms with E-state index in [1.54, 1.807) is 12.1 Å². The van der Waals surface area contributed by atoms with Crippen LogP contribution < -0.4 is 15.5 Å². The number of hydrogen-bond donors (Lipinski definition) is 1. The molecule has 0 saturated heterocycles. The lowest BCUT2D eigenvalue weighted by Gasteiger charge is -2.14. The summed E-state index contributed by atoms with van der Waals surface area (Å²) < 4.78 is 33.7. The van der Waals surface area contributed by atoms with E-state index < -0.39 is 28.8 Å². The third kappa shape index (κ3) is 4.47. The van der Waals surface area contributed by atoms with Gasteiger partial charge in [-0.25, -0.2) is 8.78 Å². The smallest absolute Gasteiger partial charge is 0.244 e. The number of nitrogens with one attached hydrogen (secondary N) is 1. The molecule has 0 saturated carbocycles. The summed E-state index contributed by atoms with van der Waals surface area (Å²) in [6, 6.07) is 10.4. The van der Waals surface area contributed by atoms with E-state index in [4.69, 9.17) is 4.74 Å². The van der Waals surface area contributed by atoms with Gasteiger partial charge < -0.3 is 14.6 Å². The SMILES string of the molecule is COc1ccc2c(=O)c(C(=O)c3ccncc3)cn(CC(=O)Nc3ccc(F)cc3F)c2c1. The summed E-state index contributed by atoms with van der Waals surface area (Å²) in [5, 5.41) is 2.58. The fraction of sp³-hybridized carbons (Fsp3) is 0.0833. The molecule has 4 rings (SSSR count). The number of ether oxygens (including phenoxy) is 1. The molecular weight excluding hydrogens is 432 g/mol. The topological polar surface area (TPSA) is 90.3 Å². The van der Waals surface area contributed by atoms with Crippen LogP contribution in [0.15, 0.2) is 71.9 Å². The third-order valence-corrected chi connectivity index (χ3v) is 4.99. The number of halogens is 2. The summed E-state index contributed by atoms with van der Waals surface area (Å²) in [5.41, 5.74) is -0.229. The Labute approximate surface area is 186 Å². The van der Waals surface area contributed by atoms with Gasteiger partial charge in [0, 0.05) is 41.7 Å². The lowest BCUT2D eigenvalue weighted by molar-refractivity contribution is -0.116. The molecule has 0 aliphatic carbocycles.